The highest BCUT2D eigenvalue weighted by molar-refractivity contribution is 6.02. The van der Waals surface area contributed by atoms with Crippen LogP contribution in [0.4, 0.5) is 0 Å². The second kappa shape index (κ2) is 7.37. The Morgan fingerprint density at radius 3 is 2.41 bits per heavy atom. The lowest BCUT2D eigenvalue weighted by atomic mass is 9.64. The van der Waals surface area contributed by atoms with Crippen LogP contribution in [0.1, 0.15) is 30.9 Å². The lowest BCUT2D eigenvalue weighted by Crippen LogP contribution is -2.44. The number of methoxy groups -OCH3 is 4. The van der Waals surface area contributed by atoms with Crippen LogP contribution in [0, 0.1) is 11.8 Å². The molecular weight excluding hydrogens is 374 g/mol. The SMILES string of the molecule is COc1cc2c(c(OC)c1OC)C1=C([C@H]3C(=O)[C@H](OC)C[C@@H]13)[C@@H](NC(C)=O)CC2. The summed E-state index contributed by atoms with van der Waals surface area (Å²) >= 11 is 0. The number of carbonyl (C=O) groups is 2. The molecule has 0 aliphatic heterocycles. The fraction of sp³-hybridized carbons (Fsp3) is 0.545. The molecule has 0 spiro atoms. The number of hydrogen-bond donors (Lipinski definition) is 1. The van der Waals surface area contributed by atoms with Crippen molar-refractivity contribution in [3.63, 3.8) is 0 Å². The average molecular weight is 401 g/mol. The molecule has 4 rings (SSSR count). The van der Waals surface area contributed by atoms with Gasteiger partial charge in [-0.05, 0) is 42.0 Å². The second-order valence-electron chi connectivity index (χ2n) is 7.79. The molecule has 29 heavy (non-hydrogen) atoms. The third-order valence-electron chi connectivity index (χ3n) is 6.43. The van der Waals surface area contributed by atoms with E-state index in [1.807, 2.05) is 6.07 Å². The smallest absolute Gasteiger partial charge is 0.217 e. The van der Waals surface area contributed by atoms with Crippen LogP contribution >= 0.6 is 0 Å². The lowest BCUT2D eigenvalue weighted by Gasteiger charge is -2.40. The third kappa shape index (κ3) is 2.82. The van der Waals surface area contributed by atoms with Gasteiger partial charge in [-0.3, -0.25) is 9.59 Å². The number of ether oxygens (including phenoxy) is 4. The number of amides is 1. The molecule has 7 nitrogen and oxygen atoms in total. The summed E-state index contributed by atoms with van der Waals surface area (Å²) in [6.45, 7) is 1.51. The second-order valence-corrected chi connectivity index (χ2v) is 7.79. The quantitative estimate of drug-likeness (QED) is 0.814. The third-order valence-corrected chi connectivity index (χ3v) is 6.43. The van der Waals surface area contributed by atoms with Gasteiger partial charge in [0.2, 0.25) is 11.7 Å². The van der Waals surface area contributed by atoms with E-state index in [9.17, 15) is 9.59 Å². The van der Waals surface area contributed by atoms with E-state index in [-0.39, 0.29) is 29.6 Å². The Morgan fingerprint density at radius 2 is 1.83 bits per heavy atom. The summed E-state index contributed by atoms with van der Waals surface area (Å²) in [7, 11) is 6.38. The van der Waals surface area contributed by atoms with E-state index >= 15 is 0 Å². The molecule has 0 aromatic heterocycles. The minimum Gasteiger partial charge on any atom is -0.493 e. The number of hydrogen-bond acceptors (Lipinski definition) is 6. The predicted molar refractivity (Wildman–Crippen MR) is 106 cm³/mol. The van der Waals surface area contributed by atoms with Gasteiger partial charge in [0, 0.05) is 25.5 Å². The fourth-order valence-electron chi connectivity index (χ4n) is 5.32. The van der Waals surface area contributed by atoms with Gasteiger partial charge in [-0.25, -0.2) is 0 Å². The van der Waals surface area contributed by atoms with E-state index in [4.69, 9.17) is 18.9 Å². The van der Waals surface area contributed by atoms with Gasteiger partial charge in [0.25, 0.3) is 0 Å². The van der Waals surface area contributed by atoms with Crippen LogP contribution in [0.5, 0.6) is 17.2 Å². The minimum absolute atomic E-state index is 0.0579. The first kappa shape index (κ1) is 19.8. The zero-order valence-electron chi connectivity index (χ0n) is 17.5. The molecule has 0 bridgehead atoms. The molecule has 7 heteroatoms. The highest BCUT2D eigenvalue weighted by Gasteiger charge is 2.56. The van der Waals surface area contributed by atoms with Gasteiger partial charge in [0.15, 0.2) is 17.3 Å². The van der Waals surface area contributed by atoms with Crippen LogP contribution in [0.25, 0.3) is 5.57 Å². The van der Waals surface area contributed by atoms with Gasteiger partial charge in [-0.1, -0.05) is 0 Å². The number of allylic oxidation sites excluding steroid dienone is 1. The molecule has 1 aromatic carbocycles. The van der Waals surface area contributed by atoms with Crippen LogP contribution < -0.4 is 19.5 Å². The Bertz CT molecular complexity index is 905. The van der Waals surface area contributed by atoms with E-state index in [0.29, 0.717) is 30.1 Å². The van der Waals surface area contributed by atoms with Crippen molar-refractivity contribution < 1.29 is 28.5 Å². The molecule has 156 valence electrons. The first-order chi connectivity index (χ1) is 14.0. The molecule has 0 saturated heterocycles. The molecule has 3 aliphatic carbocycles. The Balaban J connectivity index is 1.93. The van der Waals surface area contributed by atoms with Gasteiger partial charge in [0.05, 0.1) is 33.3 Å². The normalized spacial score (nSPS) is 27.3. The number of nitrogens with one attached hydrogen (secondary N) is 1. The topological polar surface area (TPSA) is 83.1 Å². The van der Waals surface area contributed by atoms with Crippen molar-refractivity contribution in [1.82, 2.24) is 5.32 Å². The predicted octanol–water partition coefficient (Wildman–Crippen LogP) is 2.15. The molecule has 0 radical (unpaired) electrons. The summed E-state index contributed by atoms with van der Waals surface area (Å²) in [4.78, 5) is 24.8. The number of rotatable bonds is 5. The van der Waals surface area contributed by atoms with E-state index < -0.39 is 6.10 Å². The summed E-state index contributed by atoms with van der Waals surface area (Å²) < 4.78 is 22.4. The Morgan fingerprint density at radius 1 is 1.10 bits per heavy atom. The minimum atomic E-state index is -0.413. The Hall–Kier alpha value is -2.54. The lowest BCUT2D eigenvalue weighted by molar-refractivity contribution is -0.128. The number of Topliss-reactive ketones (excluding diaryl/α,β-unsaturated/α-hetero) is 1. The highest BCUT2D eigenvalue weighted by atomic mass is 16.5. The summed E-state index contributed by atoms with van der Waals surface area (Å²) in [5.41, 5.74) is 4.14. The molecular formula is C22H27NO6. The number of carbonyl (C=O) groups excluding carboxylic acids is 2. The van der Waals surface area contributed by atoms with E-state index in [0.717, 1.165) is 28.7 Å². The number of benzene rings is 1. The molecule has 1 saturated carbocycles. The van der Waals surface area contributed by atoms with Gasteiger partial charge in [0.1, 0.15) is 6.10 Å². The average Bonchev–Trinajstić information content (AvgIpc) is 2.89. The number of ketones is 1. The van der Waals surface area contributed by atoms with Crippen molar-refractivity contribution in [2.24, 2.45) is 11.8 Å². The zero-order valence-corrected chi connectivity index (χ0v) is 17.5. The maximum absolute atomic E-state index is 12.9. The van der Waals surface area contributed by atoms with Crippen molar-refractivity contribution in [3.05, 3.63) is 22.8 Å². The molecule has 1 amide bonds. The summed E-state index contributed by atoms with van der Waals surface area (Å²) in [6, 6.07) is 1.80. The molecule has 1 fully saturated rings. The van der Waals surface area contributed by atoms with Crippen LogP contribution in [0.3, 0.4) is 0 Å². The monoisotopic (exact) mass is 401 g/mol. The first-order valence-corrected chi connectivity index (χ1v) is 9.86. The summed E-state index contributed by atoms with van der Waals surface area (Å²) in [6.07, 6.45) is 1.66. The van der Waals surface area contributed by atoms with Gasteiger partial charge in [-0.2, -0.15) is 0 Å². The van der Waals surface area contributed by atoms with Crippen molar-refractivity contribution >= 4 is 17.3 Å². The van der Waals surface area contributed by atoms with Crippen LogP contribution in [0.15, 0.2) is 11.6 Å². The fourth-order valence-corrected chi connectivity index (χ4v) is 5.32. The molecule has 0 unspecified atom stereocenters. The van der Waals surface area contributed by atoms with Gasteiger partial charge in [-0.15, -0.1) is 0 Å². The van der Waals surface area contributed by atoms with Crippen molar-refractivity contribution in [1.29, 1.82) is 0 Å². The Labute approximate surface area is 170 Å². The number of aryl methyl sites for hydroxylation is 1. The molecule has 4 atom stereocenters. The molecule has 1 N–H and O–H groups in total. The van der Waals surface area contributed by atoms with Crippen LogP contribution in [-0.2, 0) is 20.7 Å². The maximum Gasteiger partial charge on any atom is 0.217 e. The Kier molecular flexibility index (Phi) is 5.02. The van der Waals surface area contributed by atoms with E-state index in [1.165, 1.54) is 6.92 Å². The van der Waals surface area contributed by atoms with Crippen molar-refractivity contribution in [2.45, 2.75) is 38.3 Å². The van der Waals surface area contributed by atoms with Gasteiger partial charge < -0.3 is 24.3 Å². The molecule has 3 aliphatic rings. The standard InChI is InChI=1S/C22H27NO6/c1-10(24)23-13-7-6-11-8-15(27-3)21(28-4)22(29-5)16(11)17-12-9-14(26-2)20(25)18(12)19(13)17/h8,12-14,18H,6-7,9H2,1-5H3,(H,23,24)/t12-,13-,14+,18-/m0/s1. The van der Waals surface area contributed by atoms with E-state index in [1.54, 1.807) is 28.4 Å². The first-order valence-electron chi connectivity index (χ1n) is 9.86. The van der Waals surface area contributed by atoms with E-state index in [2.05, 4.69) is 5.32 Å². The number of fused-ring (bicyclic) bond motifs is 5. The summed E-state index contributed by atoms with van der Waals surface area (Å²) in [5.74, 6) is 1.61. The molecule has 1 aromatic rings. The van der Waals surface area contributed by atoms with Crippen molar-refractivity contribution in [2.75, 3.05) is 28.4 Å². The highest BCUT2D eigenvalue weighted by Crippen LogP contribution is 2.60. The van der Waals surface area contributed by atoms with Gasteiger partial charge >= 0.3 is 0 Å². The maximum atomic E-state index is 12.9. The largest absolute Gasteiger partial charge is 0.493 e. The summed E-state index contributed by atoms with van der Waals surface area (Å²) in [5, 5.41) is 3.06. The van der Waals surface area contributed by atoms with Crippen molar-refractivity contribution in [3.8, 4) is 17.2 Å². The van der Waals surface area contributed by atoms with Crippen LogP contribution in [-0.4, -0.2) is 52.3 Å². The van der Waals surface area contributed by atoms with Crippen LogP contribution in [0.2, 0.25) is 0 Å². The molecule has 0 heterocycles. The zero-order chi connectivity index (χ0) is 20.9.